The first-order valence-electron chi connectivity index (χ1n) is 8.54. The van der Waals surface area contributed by atoms with Gasteiger partial charge in [-0.1, -0.05) is 0 Å². The second-order valence-corrected chi connectivity index (χ2v) is 6.11. The van der Waals surface area contributed by atoms with Crippen molar-refractivity contribution in [3.8, 4) is 0 Å². The highest BCUT2D eigenvalue weighted by atomic mass is 16.5. The Morgan fingerprint density at radius 1 is 1.08 bits per heavy atom. The monoisotopic (exact) mass is 347 g/mol. The maximum atomic E-state index is 12.1. The number of esters is 1. The number of hydrogen-bond acceptors (Lipinski definition) is 5. The van der Waals surface area contributed by atoms with Crippen LogP contribution in [0.1, 0.15) is 26.7 Å². The van der Waals surface area contributed by atoms with Crippen LogP contribution in [0.2, 0.25) is 0 Å². The minimum absolute atomic E-state index is 0.0550. The van der Waals surface area contributed by atoms with Crippen LogP contribution in [0.15, 0.2) is 24.3 Å². The topological polar surface area (TPSA) is 87.7 Å². The van der Waals surface area contributed by atoms with Gasteiger partial charge in [0.25, 0.3) is 0 Å². The molecule has 0 spiro atoms. The fourth-order valence-electron chi connectivity index (χ4n) is 2.83. The first kappa shape index (κ1) is 18.9. The summed E-state index contributed by atoms with van der Waals surface area (Å²) in [5.41, 5.74) is 1.37. The number of amides is 2. The standard InChI is InChI=1S/C18H25N3O4/c1-3-25-18(24)14-8-10-21(11-9-14)12-17(23)20-16-6-4-15(5-7-16)19-13(2)22/h4-7,14H,3,8-12H2,1-2H3,(H,19,22)(H,20,23). The SMILES string of the molecule is CCOC(=O)C1CCN(CC(=O)Nc2ccc(NC(C)=O)cc2)CC1. The third kappa shape index (κ3) is 6.19. The molecule has 2 rings (SSSR count). The van der Waals surface area contributed by atoms with Crippen molar-refractivity contribution in [1.29, 1.82) is 0 Å². The molecule has 0 saturated carbocycles. The molecule has 1 heterocycles. The Balaban J connectivity index is 1.75. The molecule has 1 fully saturated rings. The third-order valence-corrected chi connectivity index (χ3v) is 4.06. The van der Waals surface area contributed by atoms with Crippen LogP contribution in [-0.4, -0.2) is 48.9 Å². The quantitative estimate of drug-likeness (QED) is 0.767. The van der Waals surface area contributed by atoms with Crippen molar-refractivity contribution in [2.75, 3.05) is 36.9 Å². The van der Waals surface area contributed by atoms with E-state index in [2.05, 4.69) is 10.6 Å². The highest BCUT2D eigenvalue weighted by Crippen LogP contribution is 2.19. The van der Waals surface area contributed by atoms with E-state index in [0.29, 0.717) is 37.6 Å². The summed E-state index contributed by atoms with van der Waals surface area (Å²) < 4.78 is 5.05. The van der Waals surface area contributed by atoms with Gasteiger partial charge in [0, 0.05) is 18.3 Å². The van der Waals surface area contributed by atoms with Gasteiger partial charge in [-0.05, 0) is 57.1 Å². The number of anilines is 2. The van der Waals surface area contributed by atoms with Gasteiger partial charge in [-0.25, -0.2) is 0 Å². The predicted molar refractivity (Wildman–Crippen MR) is 95.2 cm³/mol. The van der Waals surface area contributed by atoms with Gasteiger partial charge in [0.05, 0.1) is 19.1 Å². The first-order valence-corrected chi connectivity index (χ1v) is 8.54. The Labute approximate surface area is 147 Å². The lowest BCUT2D eigenvalue weighted by molar-refractivity contribution is -0.149. The van der Waals surface area contributed by atoms with Gasteiger partial charge in [-0.2, -0.15) is 0 Å². The largest absolute Gasteiger partial charge is 0.466 e. The number of ether oxygens (including phenoxy) is 1. The van der Waals surface area contributed by atoms with E-state index in [0.717, 1.165) is 12.8 Å². The molecule has 2 N–H and O–H groups in total. The highest BCUT2D eigenvalue weighted by molar-refractivity contribution is 5.93. The number of likely N-dealkylation sites (tertiary alicyclic amines) is 1. The summed E-state index contributed by atoms with van der Waals surface area (Å²) >= 11 is 0. The smallest absolute Gasteiger partial charge is 0.309 e. The lowest BCUT2D eigenvalue weighted by atomic mass is 9.97. The molecule has 7 nitrogen and oxygen atoms in total. The maximum Gasteiger partial charge on any atom is 0.309 e. The Hall–Kier alpha value is -2.41. The highest BCUT2D eigenvalue weighted by Gasteiger charge is 2.26. The number of hydrogen-bond donors (Lipinski definition) is 2. The number of benzene rings is 1. The fourth-order valence-corrected chi connectivity index (χ4v) is 2.83. The Bertz CT molecular complexity index is 607. The van der Waals surface area contributed by atoms with Crippen LogP contribution in [0.4, 0.5) is 11.4 Å². The van der Waals surface area contributed by atoms with Crippen LogP contribution in [0, 0.1) is 5.92 Å². The van der Waals surface area contributed by atoms with Crippen molar-refractivity contribution in [2.45, 2.75) is 26.7 Å². The number of carbonyl (C=O) groups excluding carboxylic acids is 3. The molecule has 1 aliphatic rings. The molecule has 2 amide bonds. The van der Waals surface area contributed by atoms with E-state index in [-0.39, 0.29) is 23.7 Å². The summed E-state index contributed by atoms with van der Waals surface area (Å²) in [6.45, 7) is 5.36. The number of nitrogens with zero attached hydrogens (tertiary/aromatic N) is 1. The minimum atomic E-state index is -0.136. The molecule has 0 aromatic heterocycles. The molecule has 0 bridgehead atoms. The van der Waals surface area contributed by atoms with Crippen LogP contribution >= 0.6 is 0 Å². The van der Waals surface area contributed by atoms with Gasteiger partial charge in [-0.15, -0.1) is 0 Å². The molecule has 0 unspecified atom stereocenters. The van der Waals surface area contributed by atoms with Gasteiger partial charge in [0.2, 0.25) is 11.8 Å². The number of carbonyl (C=O) groups is 3. The maximum absolute atomic E-state index is 12.1. The second kappa shape index (κ2) is 9.17. The fraction of sp³-hybridized carbons (Fsp3) is 0.500. The van der Waals surface area contributed by atoms with Crippen molar-refractivity contribution in [3.05, 3.63) is 24.3 Å². The van der Waals surface area contributed by atoms with Crippen molar-refractivity contribution < 1.29 is 19.1 Å². The van der Waals surface area contributed by atoms with Crippen molar-refractivity contribution in [2.24, 2.45) is 5.92 Å². The summed E-state index contributed by atoms with van der Waals surface area (Å²) in [5.74, 6) is -0.420. The molecular formula is C18H25N3O4. The van der Waals surface area contributed by atoms with Crippen LogP contribution in [0.25, 0.3) is 0 Å². The van der Waals surface area contributed by atoms with Crippen LogP contribution in [0.3, 0.4) is 0 Å². The molecular weight excluding hydrogens is 322 g/mol. The Kier molecular flexibility index (Phi) is 6.94. The van der Waals surface area contributed by atoms with Crippen LogP contribution in [-0.2, 0) is 19.1 Å². The van der Waals surface area contributed by atoms with E-state index in [1.165, 1.54) is 6.92 Å². The molecule has 1 aliphatic heterocycles. The molecule has 1 aromatic rings. The molecule has 136 valence electrons. The van der Waals surface area contributed by atoms with Gasteiger partial charge >= 0.3 is 5.97 Å². The second-order valence-electron chi connectivity index (χ2n) is 6.11. The molecule has 25 heavy (non-hydrogen) atoms. The third-order valence-electron chi connectivity index (χ3n) is 4.06. The lowest BCUT2D eigenvalue weighted by Gasteiger charge is -2.30. The minimum Gasteiger partial charge on any atom is -0.466 e. The van der Waals surface area contributed by atoms with Gasteiger partial charge in [0.1, 0.15) is 0 Å². The molecule has 1 aromatic carbocycles. The zero-order valence-corrected chi connectivity index (χ0v) is 14.7. The summed E-state index contributed by atoms with van der Waals surface area (Å²) in [6.07, 6.45) is 1.44. The van der Waals surface area contributed by atoms with E-state index in [1.54, 1.807) is 31.2 Å². The summed E-state index contributed by atoms with van der Waals surface area (Å²) in [7, 11) is 0. The van der Waals surface area contributed by atoms with E-state index in [1.807, 2.05) is 4.90 Å². The van der Waals surface area contributed by atoms with E-state index in [9.17, 15) is 14.4 Å². The Morgan fingerprint density at radius 3 is 2.16 bits per heavy atom. The summed E-state index contributed by atoms with van der Waals surface area (Å²) in [6, 6.07) is 6.97. The van der Waals surface area contributed by atoms with E-state index >= 15 is 0 Å². The summed E-state index contributed by atoms with van der Waals surface area (Å²) in [4.78, 5) is 36.9. The van der Waals surface area contributed by atoms with E-state index < -0.39 is 0 Å². The van der Waals surface area contributed by atoms with Crippen molar-refractivity contribution in [3.63, 3.8) is 0 Å². The Morgan fingerprint density at radius 2 is 1.64 bits per heavy atom. The average molecular weight is 347 g/mol. The van der Waals surface area contributed by atoms with Gasteiger partial charge < -0.3 is 15.4 Å². The number of rotatable bonds is 6. The predicted octanol–water partition coefficient (Wildman–Crippen LogP) is 1.86. The zero-order valence-electron chi connectivity index (χ0n) is 14.7. The zero-order chi connectivity index (χ0) is 18.2. The normalized spacial score (nSPS) is 15.4. The number of nitrogens with one attached hydrogen (secondary N) is 2. The lowest BCUT2D eigenvalue weighted by Crippen LogP contribution is -2.41. The first-order chi connectivity index (χ1) is 12.0. The van der Waals surface area contributed by atoms with Gasteiger partial charge in [0.15, 0.2) is 0 Å². The van der Waals surface area contributed by atoms with Crippen LogP contribution < -0.4 is 10.6 Å². The molecule has 0 aliphatic carbocycles. The van der Waals surface area contributed by atoms with Gasteiger partial charge in [-0.3, -0.25) is 19.3 Å². The number of piperidine rings is 1. The van der Waals surface area contributed by atoms with Crippen molar-refractivity contribution >= 4 is 29.2 Å². The average Bonchev–Trinajstić information content (AvgIpc) is 2.57. The molecule has 1 saturated heterocycles. The molecule has 7 heteroatoms. The molecule has 0 atom stereocenters. The van der Waals surface area contributed by atoms with Crippen LogP contribution in [0.5, 0.6) is 0 Å². The molecule has 0 radical (unpaired) electrons. The van der Waals surface area contributed by atoms with Crippen molar-refractivity contribution in [1.82, 2.24) is 4.90 Å². The summed E-state index contributed by atoms with van der Waals surface area (Å²) in [5, 5.41) is 5.51. The van der Waals surface area contributed by atoms with E-state index in [4.69, 9.17) is 4.74 Å².